The van der Waals surface area contributed by atoms with Gasteiger partial charge >= 0.3 is 247 Å². The number of fused-ring (bicyclic) bond motifs is 1. The third-order valence-corrected chi connectivity index (χ3v) is 18.6. The molecule has 3 unspecified atom stereocenters. The number of guanidine groups is 1. The van der Waals surface area contributed by atoms with E-state index >= 15 is 0 Å². The molecule has 2 aromatic rings. The van der Waals surface area contributed by atoms with Gasteiger partial charge in [-0.25, -0.2) is 0 Å². The first-order chi connectivity index (χ1) is 34.3. The fourth-order valence-corrected chi connectivity index (χ4v) is 16.2. The van der Waals surface area contributed by atoms with Gasteiger partial charge in [-0.3, -0.25) is 14.4 Å². The SMILES string of the molecule is CCNCC(=O)C[C@]1(/C=C(/N)CNC)CC(=O)C[N](CCN(C)CC(=O)NC(CCCN=C(N)N)C(=O)NCCCCCNC(=O)c2ccc(C(=O)NCC(=O)N3CC(O)CC3B(O)O)c3ccccc23)[Pb]1. The van der Waals surface area contributed by atoms with Crippen LogP contribution in [0.15, 0.2) is 53.2 Å². The molecule has 2 fully saturated rings. The second-order valence-corrected chi connectivity index (χ2v) is 25.6. The van der Waals surface area contributed by atoms with Crippen molar-refractivity contribution in [2.24, 2.45) is 22.2 Å². The van der Waals surface area contributed by atoms with E-state index in [2.05, 4.69) is 39.6 Å². The standard InChI is InChI=1S/C47H74BN13O10.Pb/c1-4-53-26-33(62)22-31(21-32(49)25-52-2)23-34(63)27-54-19-20-60(3)30-42(65)59-40(13-10-18-57-47(50)51)46(69)56-17-9-5-8-16-55-44(67)38-14-15-39(37-12-7-6-11-36(37)38)45(68)58-28-43(66)61-29-35(64)24-41(61)48(70)71;/h6-7,11-12,14-15,21,35,40-41,52-53,64,70-71H,4-5,8-10,13,16-20,22-30,49H2,1-3H3,(H,55,67)(H,56,69)(H,58,68)(H,59,65)(H4,50,51,57);/q-1;+1/b32-21+;. The summed E-state index contributed by atoms with van der Waals surface area (Å²) in [7, 11) is 1.75. The monoisotopic (exact) mass is 1200 g/mol. The number of likely N-dealkylation sites (N-methyl/N-ethyl adjacent to an activating group) is 3. The Balaban J connectivity index is 1.24. The summed E-state index contributed by atoms with van der Waals surface area (Å²) in [5.41, 5.74) is 18.5. The zero-order valence-corrected chi connectivity index (χ0v) is 45.6. The Morgan fingerprint density at radius 1 is 0.944 bits per heavy atom. The molecule has 2 aliphatic heterocycles. The zero-order valence-electron chi connectivity index (χ0n) is 41.7. The van der Waals surface area contributed by atoms with Crippen LogP contribution >= 0.6 is 0 Å². The first-order valence-electron chi connectivity index (χ1n) is 24.5. The Kier molecular flexibility index (Phi) is 24.9. The third-order valence-electron chi connectivity index (χ3n) is 12.2. The van der Waals surface area contributed by atoms with E-state index in [1.807, 2.05) is 17.9 Å². The summed E-state index contributed by atoms with van der Waals surface area (Å²) >= 11 is -1.83. The number of aliphatic hydroxyl groups is 1. The molecule has 2 saturated heterocycles. The van der Waals surface area contributed by atoms with E-state index in [1.165, 1.54) is 12.1 Å². The number of aliphatic imine (C=N–C) groups is 1. The maximum atomic E-state index is 13.4. The molecule has 2 aliphatic rings. The van der Waals surface area contributed by atoms with Crippen LogP contribution in [0.2, 0.25) is 2.97 Å². The molecule has 5 amide bonds. The third kappa shape index (κ3) is 19.4. The van der Waals surface area contributed by atoms with Crippen LogP contribution in [0.4, 0.5) is 0 Å². The molecular formula is C47H74BN13O10Pb. The summed E-state index contributed by atoms with van der Waals surface area (Å²) in [6.07, 6.45) is 4.18. The van der Waals surface area contributed by atoms with Gasteiger partial charge in [-0.1, -0.05) is 24.3 Å². The zero-order chi connectivity index (χ0) is 52.8. The average molecular weight is 1200 g/mol. The molecule has 0 saturated carbocycles. The van der Waals surface area contributed by atoms with Crippen molar-refractivity contribution in [1.82, 2.24) is 44.4 Å². The number of allylic oxidation sites excluding steroid dienone is 1. The van der Waals surface area contributed by atoms with E-state index in [0.29, 0.717) is 100.0 Å². The quantitative estimate of drug-likeness (QED) is 0.0158. The van der Waals surface area contributed by atoms with Crippen LogP contribution < -0.4 is 49.1 Å². The molecular weight excluding hydrogens is 1120 g/mol. The molecule has 2 radical (unpaired) electrons. The van der Waals surface area contributed by atoms with Gasteiger partial charge in [-0.2, -0.15) is 0 Å². The molecule has 23 nitrogen and oxygen atoms in total. The Morgan fingerprint density at radius 3 is 2.25 bits per heavy atom. The van der Waals surface area contributed by atoms with Crippen molar-refractivity contribution in [1.29, 1.82) is 0 Å². The van der Waals surface area contributed by atoms with Gasteiger partial charge in [0.25, 0.3) is 11.8 Å². The number of unbranched alkanes of at least 4 members (excludes halogenated alkanes) is 2. The van der Waals surface area contributed by atoms with Crippen molar-refractivity contribution in [2.75, 3.05) is 92.6 Å². The van der Waals surface area contributed by atoms with Gasteiger partial charge < -0.3 is 42.2 Å². The maximum absolute atomic E-state index is 13.4. The van der Waals surface area contributed by atoms with Gasteiger partial charge in [0.1, 0.15) is 0 Å². The van der Waals surface area contributed by atoms with Crippen LogP contribution in [0.5, 0.6) is 0 Å². The molecule has 2 aromatic carbocycles. The summed E-state index contributed by atoms with van der Waals surface area (Å²) in [5.74, 6) is -3.16. The number of nitrogens with two attached hydrogens (primary N) is 3. The number of carbonyl (C=O) groups excluding carboxylic acids is 7. The molecule has 25 heteroatoms. The van der Waals surface area contributed by atoms with Gasteiger partial charge in [0, 0.05) is 24.2 Å². The van der Waals surface area contributed by atoms with Gasteiger partial charge in [0.2, 0.25) is 5.91 Å². The molecule has 2 heterocycles. The van der Waals surface area contributed by atoms with Gasteiger partial charge in [0.15, 0.2) is 5.96 Å². The molecule has 394 valence electrons. The molecule has 4 rings (SSSR count). The number of likely N-dealkylation sites (tertiary alicyclic amines) is 1. The summed E-state index contributed by atoms with van der Waals surface area (Å²) in [5, 5.41) is 47.6. The summed E-state index contributed by atoms with van der Waals surface area (Å²) in [6.45, 7) is 5.03. The summed E-state index contributed by atoms with van der Waals surface area (Å²) in [4.78, 5) is 99.2. The van der Waals surface area contributed by atoms with E-state index in [1.54, 1.807) is 38.4 Å². The van der Waals surface area contributed by atoms with E-state index in [9.17, 15) is 48.7 Å². The molecule has 0 aliphatic carbocycles. The topological polar surface area (TPSA) is 352 Å². The first-order valence-corrected chi connectivity index (χ1v) is 28.1. The summed E-state index contributed by atoms with van der Waals surface area (Å²) < 4.78 is 1.63. The van der Waals surface area contributed by atoms with Crippen LogP contribution in [0.25, 0.3) is 10.8 Å². The number of hydrogen-bond acceptors (Lipinski definition) is 16. The molecule has 0 spiro atoms. The Bertz CT molecular complexity index is 2250. The molecule has 0 bridgehead atoms. The normalized spacial score (nSPS) is 18.7. The Labute approximate surface area is 434 Å². The van der Waals surface area contributed by atoms with Gasteiger partial charge in [0.05, 0.1) is 18.6 Å². The van der Waals surface area contributed by atoms with E-state index in [-0.39, 0.29) is 86.3 Å². The van der Waals surface area contributed by atoms with Crippen LogP contribution in [0.3, 0.4) is 0 Å². The minimum atomic E-state index is -1.83. The van der Waals surface area contributed by atoms with Crippen molar-refractivity contribution in [2.45, 2.75) is 79.4 Å². The van der Waals surface area contributed by atoms with Crippen LogP contribution in [0, 0.1) is 0 Å². The Hall–Kier alpha value is -5.09. The van der Waals surface area contributed by atoms with E-state index < -0.39 is 71.1 Å². The van der Waals surface area contributed by atoms with Crippen molar-refractivity contribution in [3.05, 3.63) is 59.3 Å². The van der Waals surface area contributed by atoms with Gasteiger partial charge in [-0.05, 0) is 42.2 Å². The van der Waals surface area contributed by atoms with Crippen molar-refractivity contribution >= 4 is 89.5 Å². The van der Waals surface area contributed by atoms with Crippen LogP contribution in [0.1, 0.15) is 79.0 Å². The average Bonchev–Trinajstić information content (AvgIpc) is 3.73. The number of hydrogen-bond donors (Lipinski definition) is 12. The number of ketones is 2. The molecule has 72 heavy (non-hydrogen) atoms. The predicted molar refractivity (Wildman–Crippen MR) is 275 cm³/mol. The Morgan fingerprint density at radius 2 is 1.61 bits per heavy atom. The number of carbonyl (C=O) groups is 7. The number of rotatable bonds is 30. The number of amides is 5. The van der Waals surface area contributed by atoms with Crippen molar-refractivity contribution in [3.8, 4) is 0 Å². The van der Waals surface area contributed by atoms with Crippen molar-refractivity contribution < 1.29 is 48.7 Å². The number of benzene rings is 2. The van der Waals surface area contributed by atoms with Crippen LogP contribution in [-0.4, -0.2) is 217 Å². The number of Topliss-reactive ketones (excluding diaryl/α,β-unsaturated/α-hetero) is 2. The number of nitrogens with one attached hydrogen (secondary N) is 6. The fraction of sp³-hybridized carbons (Fsp3) is 0.574. The molecule has 0 aromatic heterocycles. The van der Waals surface area contributed by atoms with E-state index in [4.69, 9.17) is 17.2 Å². The fourth-order valence-electron chi connectivity index (χ4n) is 8.82. The van der Waals surface area contributed by atoms with Crippen LogP contribution in [-0.2, 0) is 24.0 Å². The number of nitrogens with zero attached hydrogens (tertiary/aromatic N) is 4. The molecule has 4 atom stereocenters. The minimum absolute atomic E-state index is 0.00379. The van der Waals surface area contributed by atoms with Gasteiger partial charge in [-0.15, -0.1) is 0 Å². The predicted octanol–water partition coefficient (Wildman–Crippen LogP) is -3.29. The number of β-amino-alcohol motifs (C(OH)–C–C–N with tert-alkyl or cyclic N) is 1. The van der Waals surface area contributed by atoms with Crippen molar-refractivity contribution in [3.63, 3.8) is 0 Å². The molecule has 15 N–H and O–H groups in total. The first kappa shape index (κ1) is 59.5. The summed E-state index contributed by atoms with van der Waals surface area (Å²) in [6, 6.07) is 9.08. The van der Waals surface area contributed by atoms with E-state index in [0.717, 1.165) is 4.90 Å². The second-order valence-electron chi connectivity index (χ2n) is 18.4. The number of aliphatic hydroxyl groups excluding tert-OH is 1. The second kappa shape index (κ2) is 30.2.